The highest BCUT2D eigenvalue weighted by atomic mass is 35.5. The zero-order chi connectivity index (χ0) is 30.1. The molecule has 0 saturated carbocycles. The Balaban J connectivity index is 1.31. The molecule has 1 saturated heterocycles. The van der Waals surface area contributed by atoms with Crippen LogP contribution in [0.15, 0.2) is 41.1 Å². The molecule has 19 heteroatoms. The fourth-order valence-corrected chi connectivity index (χ4v) is 7.05. The van der Waals surface area contributed by atoms with E-state index in [2.05, 4.69) is 20.8 Å². The number of β-lactam (4-membered cyclic amide) rings is 1. The Hall–Kier alpha value is -4.29. The molecule has 0 radical (unpaired) electrons. The van der Waals surface area contributed by atoms with Gasteiger partial charge >= 0.3 is 5.97 Å². The molecule has 16 nitrogen and oxygen atoms in total. The number of nitrogen functional groups attached to an aromatic ring is 1. The molecule has 2 atom stereocenters. The van der Waals surface area contributed by atoms with Crippen molar-refractivity contribution in [1.82, 2.24) is 29.6 Å². The molecule has 5 rings (SSSR count). The number of carbonyl (C=O) groups excluding carboxylic acids is 2. The number of anilines is 1. The van der Waals surface area contributed by atoms with E-state index in [0.29, 0.717) is 24.4 Å². The van der Waals surface area contributed by atoms with Crippen LogP contribution >= 0.6 is 34.7 Å². The van der Waals surface area contributed by atoms with Crippen molar-refractivity contribution in [3.8, 4) is 0 Å². The number of hydrogen-bond acceptors (Lipinski definition) is 10. The summed E-state index contributed by atoms with van der Waals surface area (Å²) in [5.41, 5.74) is 12.1. The van der Waals surface area contributed by atoms with Crippen LogP contribution in [-0.2, 0) is 32.3 Å². The minimum Gasteiger partial charge on any atom is -0.477 e. The zero-order valence-corrected chi connectivity index (χ0v) is 24.5. The van der Waals surface area contributed by atoms with Crippen LogP contribution in [0.25, 0.3) is 5.65 Å². The lowest BCUT2D eigenvalue weighted by molar-refractivity contribution is -0.753. The number of fused-ring (bicyclic) bond motifs is 2. The molecule has 8 N–H and O–H groups in total. The fourth-order valence-electron chi connectivity index (χ4n) is 4.79. The Bertz CT molecular complexity index is 1640. The van der Waals surface area contributed by atoms with Crippen molar-refractivity contribution in [3.05, 3.63) is 46.0 Å². The van der Waals surface area contributed by atoms with E-state index in [9.17, 15) is 19.5 Å². The molecular formula is C23H27ClN11O5S2+. The lowest BCUT2D eigenvalue weighted by Crippen LogP contribution is -2.71. The summed E-state index contributed by atoms with van der Waals surface area (Å²) < 4.78 is 5.93. The second-order valence-electron chi connectivity index (χ2n) is 9.22. The number of aryl methyl sites for hydroxylation is 1. The standard InChI is InChI=1S/C23H26ClN11O5S2/c1-40-31-14(13-17(24)42-23(27)30-13)18(36)29-15-19(37)35-16(21(38)39)11(10-41-20(15)35)9-33-6-3-12-32(7-8-34(12)33)5-2-4-28-22(25)26/h3,6-8,15,20H,2,4-5,9-10H2,1H3,(H7-,25,26,27,28,29,30,36,38,39)/p+1/b31-14-/t15-,20-/m1/s1. The van der Waals surface area contributed by atoms with Gasteiger partial charge in [0.1, 0.15) is 34.3 Å². The number of aromatic nitrogens is 4. The quantitative estimate of drug-likeness (QED) is 0.0391. The number of thioether (sulfide) groups is 1. The molecule has 0 aromatic carbocycles. The van der Waals surface area contributed by atoms with Crippen molar-refractivity contribution in [2.45, 2.75) is 30.9 Å². The van der Waals surface area contributed by atoms with Crippen molar-refractivity contribution in [2.75, 3.05) is 25.1 Å². The molecule has 0 bridgehead atoms. The van der Waals surface area contributed by atoms with Gasteiger partial charge in [0.25, 0.3) is 11.8 Å². The van der Waals surface area contributed by atoms with E-state index in [1.54, 1.807) is 0 Å². The van der Waals surface area contributed by atoms with Gasteiger partial charge in [-0.3, -0.25) is 19.9 Å². The summed E-state index contributed by atoms with van der Waals surface area (Å²) in [6, 6.07) is 0.925. The van der Waals surface area contributed by atoms with Crippen molar-refractivity contribution in [3.63, 3.8) is 0 Å². The van der Waals surface area contributed by atoms with E-state index < -0.39 is 29.2 Å². The minimum absolute atomic E-state index is 0.0175. The molecule has 2 aliphatic heterocycles. The molecule has 0 unspecified atom stereocenters. The van der Waals surface area contributed by atoms with Gasteiger partial charge < -0.3 is 36.6 Å². The minimum atomic E-state index is -1.23. The number of imidazole rings is 1. The number of amides is 2. The number of carbonyl (C=O) groups is 3. The largest absolute Gasteiger partial charge is 0.477 e. The maximum Gasteiger partial charge on any atom is 0.352 e. The Morgan fingerprint density at radius 2 is 2.19 bits per heavy atom. The van der Waals surface area contributed by atoms with Gasteiger partial charge in [0.2, 0.25) is 0 Å². The van der Waals surface area contributed by atoms with Gasteiger partial charge in [-0.1, -0.05) is 28.1 Å². The Kier molecular flexibility index (Phi) is 8.28. The molecule has 222 valence electrons. The van der Waals surface area contributed by atoms with Crippen molar-refractivity contribution < 1.29 is 29.0 Å². The van der Waals surface area contributed by atoms with Crippen molar-refractivity contribution in [2.24, 2.45) is 10.9 Å². The highest BCUT2D eigenvalue weighted by Crippen LogP contribution is 2.40. The molecule has 0 aliphatic carbocycles. The topological polar surface area (TPSA) is 222 Å². The van der Waals surface area contributed by atoms with Crippen LogP contribution in [-0.4, -0.2) is 84.4 Å². The third kappa shape index (κ3) is 5.47. The summed E-state index contributed by atoms with van der Waals surface area (Å²) in [6.07, 6.45) is 6.38. The number of halogens is 1. The van der Waals surface area contributed by atoms with Gasteiger partial charge in [0, 0.05) is 30.6 Å². The van der Waals surface area contributed by atoms with Crippen LogP contribution in [0.5, 0.6) is 0 Å². The molecule has 0 spiro atoms. The van der Waals surface area contributed by atoms with E-state index in [1.165, 1.54) is 23.8 Å². The summed E-state index contributed by atoms with van der Waals surface area (Å²) in [5.74, 6) is -2.31. The smallest absolute Gasteiger partial charge is 0.352 e. The van der Waals surface area contributed by atoms with Gasteiger partial charge in [0.15, 0.2) is 35.2 Å². The first-order valence-corrected chi connectivity index (χ1v) is 14.7. The number of nitrogens with zero attached hydrogens (tertiary/aromatic N) is 6. The average Bonchev–Trinajstić information content (AvgIpc) is 3.63. The van der Waals surface area contributed by atoms with Crippen molar-refractivity contribution in [1.29, 1.82) is 5.41 Å². The highest BCUT2D eigenvalue weighted by Gasteiger charge is 2.55. The number of nitrogens with two attached hydrogens (primary N) is 2. The monoisotopic (exact) mass is 636 g/mol. The molecule has 3 aromatic rings. The first-order valence-electron chi connectivity index (χ1n) is 12.5. The molecular weight excluding hydrogens is 610 g/mol. The van der Waals surface area contributed by atoms with E-state index in [4.69, 9.17) is 33.3 Å². The van der Waals surface area contributed by atoms with E-state index in [1.807, 2.05) is 38.4 Å². The maximum absolute atomic E-state index is 13.2. The van der Waals surface area contributed by atoms with Gasteiger partial charge in [-0.15, -0.1) is 21.0 Å². The van der Waals surface area contributed by atoms with Gasteiger partial charge in [-0.25, -0.2) is 9.78 Å². The number of thiazole rings is 1. The second kappa shape index (κ2) is 11.9. The van der Waals surface area contributed by atoms with Crippen molar-refractivity contribution >= 4 is 74.9 Å². The summed E-state index contributed by atoms with van der Waals surface area (Å²) in [6.45, 7) is 1.49. The summed E-state index contributed by atoms with van der Waals surface area (Å²) >= 11 is 8.44. The van der Waals surface area contributed by atoms with Crippen LogP contribution in [0, 0.1) is 5.41 Å². The third-order valence-corrected chi connectivity index (χ3v) is 9.02. The summed E-state index contributed by atoms with van der Waals surface area (Å²) in [4.78, 5) is 48.6. The number of nitrogens with one attached hydrogen (secondary N) is 3. The molecule has 3 aromatic heterocycles. The normalized spacial score (nSPS) is 18.6. The average molecular weight is 637 g/mol. The van der Waals surface area contributed by atoms with Crippen LogP contribution in [0.1, 0.15) is 12.1 Å². The molecule has 2 aliphatic rings. The number of carboxylic acid groups (broad SMARTS) is 1. The summed E-state index contributed by atoms with van der Waals surface area (Å²) in [5, 5.41) is 25.9. The van der Waals surface area contributed by atoms with Crippen LogP contribution < -0.4 is 26.8 Å². The second-order valence-corrected chi connectivity index (χ2v) is 12.0. The predicted octanol–water partition coefficient (Wildman–Crippen LogP) is -0.617. The van der Waals surface area contributed by atoms with Crippen LogP contribution in [0.4, 0.5) is 5.13 Å². The predicted molar refractivity (Wildman–Crippen MR) is 155 cm³/mol. The number of carboxylic acids is 1. The molecule has 5 heterocycles. The zero-order valence-electron chi connectivity index (χ0n) is 22.1. The SMILES string of the molecule is CO/N=C(\C(=O)N[C@@H]1C(=O)N2C(C(=O)O)=C(C[n+]3ccc4n(CCCNC(=N)N)ccn43)CS[C@H]12)c1nc(N)sc1Cl. The Morgan fingerprint density at radius 3 is 2.86 bits per heavy atom. The molecule has 1 fully saturated rings. The lowest BCUT2D eigenvalue weighted by atomic mass is 10.0. The van der Waals surface area contributed by atoms with Gasteiger partial charge in [-0.05, 0) is 6.42 Å². The fraction of sp³-hybridized carbons (Fsp3) is 0.348. The Morgan fingerprint density at radius 1 is 1.40 bits per heavy atom. The third-order valence-electron chi connectivity index (χ3n) is 6.59. The van der Waals surface area contributed by atoms with E-state index in [0.717, 1.165) is 23.4 Å². The maximum atomic E-state index is 13.2. The number of rotatable bonds is 11. The first kappa shape index (κ1) is 29.2. The lowest BCUT2D eigenvalue weighted by Gasteiger charge is -2.49. The Labute approximate surface area is 251 Å². The number of oxime groups is 1. The van der Waals surface area contributed by atoms with Gasteiger partial charge in [0.05, 0.1) is 12.3 Å². The van der Waals surface area contributed by atoms with E-state index in [-0.39, 0.29) is 39.1 Å². The van der Waals surface area contributed by atoms with Crippen LogP contribution in [0.2, 0.25) is 4.34 Å². The molecule has 2 amide bonds. The highest BCUT2D eigenvalue weighted by molar-refractivity contribution is 8.00. The number of hydrogen-bond donors (Lipinski definition) is 6. The van der Waals surface area contributed by atoms with Crippen LogP contribution in [0.3, 0.4) is 0 Å². The van der Waals surface area contributed by atoms with E-state index >= 15 is 0 Å². The molecule has 42 heavy (non-hydrogen) atoms. The number of aliphatic carboxylic acids is 1. The number of guanidine groups is 1. The first-order chi connectivity index (χ1) is 20.1. The summed E-state index contributed by atoms with van der Waals surface area (Å²) in [7, 11) is 1.25. The van der Waals surface area contributed by atoms with Gasteiger partial charge in [-0.2, -0.15) is 0 Å².